The molecule has 0 bridgehead atoms. The van der Waals surface area contributed by atoms with Gasteiger partial charge in [-0.15, -0.1) is 5.26 Å². The summed E-state index contributed by atoms with van der Waals surface area (Å²) in [6.07, 6.45) is 1.72. The van der Waals surface area contributed by atoms with Crippen molar-refractivity contribution < 1.29 is 31.7 Å². The number of carbonyl (C=O) groups excluding carboxylic acids is 1. The molecule has 1 amide bonds. The topological polar surface area (TPSA) is 129 Å². The number of quaternary nitrogens is 1. The first-order valence-electron chi connectivity index (χ1n) is 10.6. The van der Waals surface area contributed by atoms with Crippen LogP contribution in [0.15, 0.2) is 48.5 Å². The van der Waals surface area contributed by atoms with Crippen LogP contribution in [-0.2, 0) is 21.3 Å². The summed E-state index contributed by atoms with van der Waals surface area (Å²) < 4.78 is 43.4. The summed E-state index contributed by atoms with van der Waals surface area (Å²) >= 11 is 0. The summed E-state index contributed by atoms with van der Waals surface area (Å²) in [5, 5.41) is 11.2. The number of likely N-dealkylation sites (N-methyl/N-ethyl adjacent to an activating group) is 1. The minimum atomic E-state index is -4.29. The van der Waals surface area contributed by atoms with E-state index in [-0.39, 0.29) is 13.2 Å². The molecule has 2 aromatic rings. The van der Waals surface area contributed by atoms with Crippen LogP contribution in [0.1, 0.15) is 25.0 Å². The van der Waals surface area contributed by atoms with Gasteiger partial charge in [-0.1, -0.05) is 24.3 Å². The van der Waals surface area contributed by atoms with Crippen LogP contribution in [0.4, 0.5) is 10.5 Å². The summed E-state index contributed by atoms with van der Waals surface area (Å²) in [6.45, 7) is 5.82. The minimum absolute atomic E-state index is 0.107. The number of nitrogens with zero attached hydrogens (tertiary/aromatic N) is 2. The number of amides is 1. The van der Waals surface area contributed by atoms with Gasteiger partial charge in [0.2, 0.25) is 0 Å². The van der Waals surface area contributed by atoms with E-state index < -0.39 is 22.0 Å². The van der Waals surface area contributed by atoms with Gasteiger partial charge in [0.1, 0.15) is 29.0 Å². The molecule has 0 aliphatic rings. The second-order valence-corrected chi connectivity index (χ2v) is 9.18. The molecule has 0 aliphatic carbocycles. The number of rotatable bonds is 12. The van der Waals surface area contributed by atoms with Crippen LogP contribution in [0, 0.1) is 11.5 Å². The number of carbonyl (C=O) groups is 1. The highest BCUT2D eigenvalue weighted by Crippen LogP contribution is 2.17. The summed E-state index contributed by atoms with van der Waals surface area (Å²) in [5.74, 6) is 0.0500. The Bertz CT molecular complexity index is 1040. The lowest BCUT2D eigenvalue weighted by Crippen LogP contribution is -2.52. The Labute approximate surface area is 194 Å². The van der Waals surface area contributed by atoms with Gasteiger partial charge in [0.05, 0.1) is 25.4 Å². The number of nitriles is 1. The van der Waals surface area contributed by atoms with Crippen molar-refractivity contribution in [1.29, 1.82) is 5.26 Å². The van der Waals surface area contributed by atoms with Gasteiger partial charge in [0.15, 0.2) is 0 Å². The van der Waals surface area contributed by atoms with E-state index in [1.54, 1.807) is 30.5 Å². The van der Waals surface area contributed by atoms with Crippen LogP contribution in [-0.4, -0.2) is 62.1 Å². The van der Waals surface area contributed by atoms with Gasteiger partial charge in [-0.25, -0.2) is 13.2 Å². The monoisotopic (exact) mass is 475 g/mol. The number of ether oxygens (including phenoxy) is 2. The van der Waals surface area contributed by atoms with Gasteiger partial charge in [0, 0.05) is 5.69 Å². The summed E-state index contributed by atoms with van der Waals surface area (Å²) in [4.78, 5) is 12.1. The van der Waals surface area contributed by atoms with Gasteiger partial charge in [-0.3, -0.25) is 5.32 Å². The van der Waals surface area contributed by atoms with Crippen molar-refractivity contribution in [3.63, 3.8) is 0 Å². The second-order valence-electron chi connectivity index (χ2n) is 7.66. The highest BCUT2D eigenvalue weighted by atomic mass is 32.2. The van der Waals surface area contributed by atoms with E-state index in [1.165, 1.54) is 0 Å². The lowest BCUT2D eigenvalue weighted by Gasteiger charge is -2.36. The number of hydrogen-bond donors (Lipinski definition) is 1. The molecule has 0 heterocycles. The molecule has 0 spiro atoms. The highest BCUT2D eigenvalue weighted by molar-refractivity contribution is 7.85. The lowest BCUT2D eigenvalue weighted by molar-refractivity contribution is -0.922. The van der Waals surface area contributed by atoms with Gasteiger partial charge < -0.3 is 18.5 Å². The molecule has 1 N–H and O–H groups in total. The highest BCUT2D eigenvalue weighted by Gasteiger charge is 2.24. The Morgan fingerprint density at radius 1 is 1.03 bits per heavy atom. The molecule has 0 aromatic heterocycles. The number of anilines is 1. The van der Waals surface area contributed by atoms with Crippen LogP contribution in [0.25, 0.3) is 0 Å². The van der Waals surface area contributed by atoms with Crippen molar-refractivity contribution in [3.05, 3.63) is 59.7 Å². The lowest BCUT2D eigenvalue weighted by atomic mass is 10.0. The molecule has 178 valence electrons. The largest absolute Gasteiger partial charge is 0.748 e. The smallest absolute Gasteiger partial charge is 0.411 e. The molecule has 0 fully saturated rings. The molecular formula is C23H29N3O6S. The van der Waals surface area contributed by atoms with Gasteiger partial charge in [-0.05, 0) is 55.7 Å². The molecule has 0 unspecified atom stereocenters. The molecule has 0 aliphatic heterocycles. The van der Waals surface area contributed by atoms with E-state index >= 15 is 0 Å². The molecule has 2 aromatic carbocycles. The fourth-order valence-corrected chi connectivity index (χ4v) is 4.04. The van der Waals surface area contributed by atoms with E-state index in [0.717, 1.165) is 11.1 Å². The molecule has 9 nitrogen and oxygen atoms in total. The third-order valence-electron chi connectivity index (χ3n) is 5.65. The fourth-order valence-electron chi connectivity index (χ4n) is 3.43. The van der Waals surface area contributed by atoms with Crippen LogP contribution in [0.5, 0.6) is 5.75 Å². The average Bonchev–Trinajstić information content (AvgIpc) is 2.78. The molecule has 10 heteroatoms. The average molecular weight is 476 g/mol. The van der Waals surface area contributed by atoms with Crippen molar-refractivity contribution in [2.45, 2.75) is 20.3 Å². The first-order valence-corrected chi connectivity index (χ1v) is 12.2. The second kappa shape index (κ2) is 12.2. The van der Waals surface area contributed by atoms with Crippen LogP contribution in [0.2, 0.25) is 0 Å². The first-order chi connectivity index (χ1) is 15.7. The number of hydrogen-bond acceptors (Lipinski definition) is 7. The van der Waals surface area contributed by atoms with Crippen molar-refractivity contribution in [1.82, 2.24) is 0 Å². The quantitative estimate of drug-likeness (QED) is 0.284. The molecule has 0 saturated heterocycles. The molecule has 33 heavy (non-hydrogen) atoms. The van der Waals surface area contributed by atoms with Gasteiger partial charge in [0.25, 0.3) is 6.26 Å². The predicted molar refractivity (Wildman–Crippen MR) is 123 cm³/mol. The number of nitrogens with one attached hydrogen (secondary N) is 1. The zero-order valence-electron chi connectivity index (χ0n) is 18.8. The third-order valence-corrected chi connectivity index (χ3v) is 6.33. The molecule has 2 rings (SSSR count). The van der Waals surface area contributed by atoms with E-state index in [1.807, 2.05) is 38.1 Å². The number of benzene rings is 2. The molecular weight excluding hydrogens is 446 g/mol. The summed E-state index contributed by atoms with van der Waals surface area (Å²) in [7, 11) is -4.29. The van der Waals surface area contributed by atoms with Crippen LogP contribution in [0.3, 0.4) is 0 Å². The van der Waals surface area contributed by atoms with E-state index in [4.69, 9.17) is 14.7 Å². The maximum atomic E-state index is 12.1. The van der Waals surface area contributed by atoms with Crippen molar-refractivity contribution in [2.24, 2.45) is 0 Å². The van der Waals surface area contributed by atoms with Crippen molar-refractivity contribution in [2.75, 3.05) is 43.9 Å². The van der Waals surface area contributed by atoms with Crippen molar-refractivity contribution in [3.8, 4) is 12.0 Å². The van der Waals surface area contributed by atoms with E-state index in [9.17, 15) is 17.8 Å². The zero-order valence-corrected chi connectivity index (χ0v) is 19.6. The zero-order chi connectivity index (χ0) is 24.3. The fraction of sp³-hybridized carbons (Fsp3) is 0.391. The van der Waals surface area contributed by atoms with Gasteiger partial charge in [-0.2, -0.15) is 0 Å². The van der Waals surface area contributed by atoms with Gasteiger partial charge >= 0.3 is 6.09 Å². The standard InChI is InChI=1S/C23H29N3O6S/c1-3-26(4-2,14-16-33(28,29)30)13-15-31-23(27)25-21-9-5-19(6-10-21)17-20-7-11-22(12-8-20)32-18-24/h5-12H,3-4,13-17H2,1-2H3,(H-,25,27,28,29,30). The maximum Gasteiger partial charge on any atom is 0.411 e. The van der Waals surface area contributed by atoms with E-state index in [0.29, 0.717) is 42.0 Å². The Hall–Kier alpha value is -3.13. The Kier molecular flexibility index (Phi) is 9.66. The Morgan fingerprint density at radius 2 is 1.61 bits per heavy atom. The predicted octanol–water partition coefficient (Wildman–Crippen LogP) is 3.09. The Morgan fingerprint density at radius 3 is 2.12 bits per heavy atom. The molecule has 0 radical (unpaired) electrons. The first kappa shape index (κ1) is 26.1. The van der Waals surface area contributed by atoms with Crippen LogP contribution < -0.4 is 10.1 Å². The maximum absolute atomic E-state index is 12.1. The Balaban J connectivity index is 1.83. The SMILES string of the molecule is CC[N+](CC)(CCOC(=O)Nc1ccc(Cc2ccc(OC#N)cc2)cc1)CCS(=O)(=O)[O-]. The normalized spacial score (nSPS) is 11.5. The molecule has 0 saturated carbocycles. The third kappa shape index (κ3) is 9.10. The summed E-state index contributed by atoms with van der Waals surface area (Å²) in [6, 6.07) is 14.6. The summed E-state index contributed by atoms with van der Waals surface area (Å²) in [5.41, 5.74) is 2.69. The van der Waals surface area contributed by atoms with E-state index in [2.05, 4.69) is 5.32 Å². The van der Waals surface area contributed by atoms with Crippen molar-refractivity contribution >= 4 is 21.9 Å². The van der Waals surface area contributed by atoms with Crippen LogP contribution >= 0.6 is 0 Å². The molecule has 0 atom stereocenters. The minimum Gasteiger partial charge on any atom is -0.748 e.